The molecule has 32 heavy (non-hydrogen) atoms. The maximum absolute atomic E-state index is 12.6. The lowest BCUT2D eigenvalue weighted by Crippen LogP contribution is -2.14. The van der Waals surface area contributed by atoms with Gasteiger partial charge in [-0.15, -0.1) is 0 Å². The molecule has 0 unspecified atom stereocenters. The topological polar surface area (TPSA) is 62.1 Å². The molecule has 0 atom stereocenters. The van der Waals surface area contributed by atoms with Gasteiger partial charge in [-0.25, -0.2) is 0 Å². The molecule has 0 heterocycles. The zero-order chi connectivity index (χ0) is 23.3. The van der Waals surface area contributed by atoms with E-state index in [2.05, 4.69) is 31.3 Å². The SMILES string of the molecule is Cc1ccc(COc2ccc(/C=C(\C#N)C(=O)Nc3cc(Cl)ccc3C)cc2Cl)cc1C. The first kappa shape index (κ1) is 23.4. The van der Waals surface area contributed by atoms with Crippen LogP contribution in [0.5, 0.6) is 5.75 Å². The van der Waals surface area contributed by atoms with Crippen LogP contribution >= 0.6 is 23.2 Å². The number of hydrogen-bond acceptors (Lipinski definition) is 3. The van der Waals surface area contributed by atoms with Gasteiger partial charge >= 0.3 is 0 Å². The third kappa shape index (κ3) is 5.91. The number of anilines is 1. The number of carbonyl (C=O) groups is 1. The van der Waals surface area contributed by atoms with Crippen LogP contribution in [-0.2, 0) is 11.4 Å². The number of benzene rings is 3. The zero-order valence-electron chi connectivity index (χ0n) is 18.0. The van der Waals surface area contributed by atoms with Crippen LogP contribution in [0.25, 0.3) is 6.08 Å². The van der Waals surface area contributed by atoms with Crippen LogP contribution in [0, 0.1) is 32.1 Å². The minimum atomic E-state index is -0.524. The van der Waals surface area contributed by atoms with Gasteiger partial charge in [0.1, 0.15) is 24.0 Å². The van der Waals surface area contributed by atoms with Crippen molar-refractivity contribution in [3.05, 3.63) is 98.0 Å². The van der Waals surface area contributed by atoms with Crippen molar-refractivity contribution in [2.24, 2.45) is 0 Å². The summed E-state index contributed by atoms with van der Waals surface area (Å²) in [7, 11) is 0. The van der Waals surface area contributed by atoms with Gasteiger partial charge in [0.05, 0.1) is 5.02 Å². The molecule has 3 aromatic carbocycles. The average Bonchev–Trinajstić information content (AvgIpc) is 2.76. The molecule has 0 aliphatic heterocycles. The van der Waals surface area contributed by atoms with Crippen LogP contribution in [0.3, 0.4) is 0 Å². The van der Waals surface area contributed by atoms with Gasteiger partial charge in [0, 0.05) is 10.7 Å². The predicted octanol–water partition coefficient (Wildman–Crippen LogP) is 7.04. The molecular weight excluding hydrogens is 443 g/mol. The van der Waals surface area contributed by atoms with Gasteiger partial charge in [0.25, 0.3) is 5.91 Å². The van der Waals surface area contributed by atoms with Crippen molar-refractivity contribution in [2.45, 2.75) is 27.4 Å². The van der Waals surface area contributed by atoms with Crippen LogP contribution in [0.15, 0.2) is 60.2 Å². The Balaban J connectivity index is 1.73. The fraction of sp³-hybridized carbons (Fsp3) is 0.154. The van der Waals surface area contributed by atoms with Gasteiger partial charge in [-0.3, -0.25) is 4.79 Å². The largest absolute Gasteiger partial charge is 0.487 e. The Bertz CT molecular complexity index is 1240. The van der Waals surface area contributed by atoms with E-state index in [1.165, 1.54) is 17.2 Å². The zero-order valence-corrected chi connectivity index (χ0v) is 19.5. The lowest BCUT2D eigenvalue weighted by molar-refractivity contribution is -0.112. The average molecular weight is 465 g/mol. The van der Waals surface area contributed by atoms with E-state index in [4.69, 9.17) is 27.9 Å². The Morgan fingerprint density at radius 3 is 2.44 bits per heavy atom. The highest BCUT2D eigenvalue weighted by atomic mass is 35.5. The number of halogens is 2. The summed E-state index contributed by atoms with van der Waals surface area (Å²) in [5.41, 5.74) is 5.43. The van der Waals surface area contributed by atoms with E-state index >= 15 is 0 Å². The van der Waals surface area contributed by atoms with Crippen molar-refractivity contribution >= 4 is 40.9 Å². The predicted molar refractivity (Wildman–Crippen MR) is 130 cm³/mol. The number of rotatable bonds is 6. The first-order valence-corrected chi connectivity index (χ1v) is 10.7. The van der Waals surface area contributed by atoms with Crippen LogP contribution in [0.4, 0.5) is 5.69 Å². The van der Waals surface area contributed by atoms with Gasteiger partial charge < -0.3 is 10.1 Å². The smallest absolute Gasteiger partial charge is 0.266 e. The van der Waals surface area contributed by atoms with Crippen LogP contribution in [0.2, 0.25) is 10.0 Å². The van der Waals surface area contributed by atoms with Crippen molar-refractivity contribution in [3.8, 4) is 11.8 Å². The van der Waals surface area contributed by atoms with Crippen molar-refractivity contribution in [1.82, 2.24) is 0 Å². The fourth-order valence-corrected chi connectivity index (χ4v) is 3.43. The summed E-state index contributed by atoms with van der Waals surface area (Å²) >= 11 is 12.4. The van der Waals surface area contributed by atoms with E-state index in [1.807, 2.05) is 19.1 Å². The summed E-state index contributed by atoms with van der Waals surface area (Å²) in [6.45, 7) is 6.36. The minimum absolute atomic E-state index is 0.0516. The van der Waals surface area contributed by atoms with E-state index in [-0.39, 0.29) is 5.57 Å². The molecule has 0 bridgehead atoms. The first-order chi connectivity index (χ1) is 15.3. The molecule has 0 aromatic heterocycles. The summed E-state index contributed by atoms with van der Waals surface area (Å²) in [6.07, 6.45) is 1.48. The molecule has 0 fully saturated rings. The second-order valence-corrected chi connectivity index (χ2v) is 8.32. The fourth-order valence-electron chi connectivity index (χ4n) is 3.01. The molecule has 1 N–H and O–H groups in total. The van der Waals surface area contributed by atoms with Gasteiger partial charge in [-0.05, 0) is 78.9 Å². The Morgan fingerprint density at radius 2 is 1.75 bits per heavy atom. The highest BCUT2D eigenvalue weighted by Gasteiger charge is 2.12. The molecule has 0 saturated carbocycles. The van der Waals surface area contributed by atoms with E-state index in [0.717, 1.165) is 11.1 Å². The lowest BCUT2D eigenvalue weighted by Gasteiger charge is -2.10. The highest BCUT2D eigenvalue weighted by Crippen LogP contribution is 2.28. The molecular formula is C26H22Cl2N2O2. The summed E-state index contributed by atoms with van der Waals surface area (Å²) < 4.78 is 5.85. The quantitative estimate of drug-likeness (QED) is 0.314. The summed E-state index contributed by atoms with van der Waals surface area (Å²) in [5.74, 6) is 0.00335. The van der Waals surface area contributed by atoms with E-state index in [9.17, 15) is 10.1 Å². The number of nitrogens with one attached hydrogen (secondary N) is 1. The van der Waals surface area contributed by atoms with Gasteiger partial charge in [0.2, 0.25) is 0 Å². The molecule has 1 amide bonds. The number of ether oxygens (including phenoxy) is 1. The van der Waals surface area contributed by atoms with Gasteiger partial charge in [0.15, 0.2) is 0 Å². The van der Waals surface area contributed by atoms with Crippen molar-refractivity contribution in [2.75, 3.05) is 5.32 Å². The Labute approximate surface area is 198 Å². The molecule has 3 aromatic rings. The van der Waals surface area contributed by atoms with E-state index in [0.29, 0.717) is 33.7 Å². The molecule has 162 valence electrons. The molecule has 0 spiro atoms. The van der Waals surface area contributed by atoms with Crippen molar-refractivity contribution < 1.29 is 9.53 Å². The number of amides is 1. The number of hydrogen-bond donors (Lipinski definition) is 1. The second-order valence-electron chi connectivity index (χ2n) is 7.48. The van der Waals surface area contributed by atoms with Crippen molar-refractivity contribution in [3.63, 3.8) is 0 Å². The highest BCUT2D eigenvalue weighted by molar-refractivity contribution is 6.32. The normalized spacial score (nSPS) is 11.1. The third-order valence-corrected chi connectivity index (χ3v) is 5.58. The summed E-state index contributed by atoms with van der Waals surface area (Å²) in [6, 6.07) is 18.4. The number of carbonyl (C=O) groups excluding carboxylic acids is 1. The Kier molecular flexibility index (Phi) is 7.58. The molecule has 0 aliphatic rings. The molecule has 6 heteroatoms. The summed E-state index contributed by atoms with van der Waals surface area (Å²) in [4.78, 5) is 12.6. The Hall–Kier alpha value is -3.26. The molecule has 0 aliphatic carbocycles. The maximum atomic E-state index is 12.6. The first-order valence-electron chi connectivity index (χ1n) is 9.94. The maximum Gasteiger partial charge on any atom is 0.266 e. The summed E-state index contributed by atoms with van der Waals surface area (Å²) in [5, 5.41) is 13.1. The second kappa shape index (κ2) is 10.4. The monoisotopic (exact) mass is 464 g/mol. The molecule has 3 rings (SSSR count). The van der Waals surface area contributed by atoms with Crippen LogP contribution in [-0.4, -0.2) is 5.91 Å². The van der Waals surface area contributed by atoms with E-state index in [1.54, 1.807) is 36.4 Å². The molecule has 0 radical (unpaired) electrons. The van der Waals surface area contributed by atoms with Gasteiger partial charge in [-0.2, -0.15) is 5.26 Å². The Morgan fingerprint density at radius 1 is 1.00 bits per heavy atom. The van der Waals surface area contributed by atoms with Gasteiger partial charge in [-0.1, -0.05) is 53.5 Å². The number of nitrogens with zero attached hydrogens (tertiary/aromatic N) is 1. The standard InChI is InChI=1S/C26H22Cl2N2O2/c1-16-4-6-20(10-18(16)3)15-32-25-9-7-19(12-23(25)28)11-21(14-29)26(31)30-24-13-22(27)8-5-17(24)2/h4-13H,15H2,1-3H3,(H,30,31)/b21-11+. The number of aryl methyl sites for hydroxylation is 3. The molecule has 4 nitrogen and oxygen atoms in total. The lowest BCUT2D eigenvalue weighted by atomic mass is 10.1. The number of nitriles is 1. The minimum Gasteiger partial charge on any atom is -0.487 e. The third-order valence-electron chi connectivity index (χ3n) is 5.05. The van der Waals surface area contributed by atoms with Crippen LogP contribution < -0.4 is 10.1 Å². The molecule has 0 saturated heterocycles. The van der Waals surface area contributed by atoms with E-state index < -0.39 is 5.91 Å². The van der Waals surface area contributed by atoms with Crippen molar-refractivity contribution in [1.29, 1.82) is 5.26 Å². The van der Waals surface area contributed by atoms with Crippen LogP contribution in [0.1, 0.15) is 27.8 Å².